The van der Waals surface area contributed by atoms with Crippen LogP contribution in [-0.4, -0.2) is 74.2 Å². The van der Waals surface area contributed by atoms with Crippen LogP contribution in [0.4, 0.5) is 23.7 Å². The quantitative estimate of drug-likeness (QED) is 0.339. The molecule has 1 aromatic rings. The van der Waals surface area contributed by atoms with Crippen LogP contribution in [0, 0.1) is 16.0 Å². The number of carboxylic acid groups (broad SMARTS) is 1. The average molecular weight is 564 g/mol. The number of alkyl carbamates (subject to hydrolysis) is 1. The highest BCUT2D eigenvalue weighted by Gasteiger charge is 2.49. The summed E-state index contributed by atoms with van der Waals surface area (Å²) >= 11 is 0.171. The molecule has 1 aliphatic rings. The van der Waals surface area contributed by atoms with E-state index in [1.807, 2.05) is 0 Å². The maximum Gasteiger partial charge on any atom is 0.408 e. The number of aliphatic carboxylic acids is 1. The van der Waals surface area contributed by atoms with Gasteiger partial charge in [0, 0.05) is 30.9 Å². The number of carbonyl (C=O) groups excluding carboxylic acids is 3. The van der Waals surface area contributed by atoms with Crippen molar-refractivity contribution < 1.29 is 47.1 Å². The molecule has 0 spiro atoms. The highest BCUT2D eigenvalue weighted by atomic mass is 32.2. The van der Waals surface area contributed by atoms with Gasteiger partial charge in [-0.25, -0.2) is 9.59 Å². The van der Waals surface area contributed by atoms with E-state index in [2.05, 4.69) is 5.32 Å². The van der Waals surface area contributed by atoms with Gasteiger partial charge in [0.1, 0.15) is 23.6 Å². The Kier molecular flexibility index (Phi) is 10.1. The van der Waals surface area contributed by atoms with E-state index >= 15 is 0 Å². The predicted octanol–water partition coefficient (Wildman–Crippen LogP) is 3.54. The fraction of sp³-hybridized carbons (Fsp3) is 0.565. The molecule has 0 saturated carbocycles. The number of alkyl halides is 3. The summed E-state index contributed by atoms with van der Waals surface area (Å²) in [5.41, 5.74) is -0.794. The maximum atomic E-state index is 13.8. The fourth-order valence-corrected chi connectivity index (χ4v) is 4.70. The zero-order valence-electron chi connectivity index (χ0n) is 20.8. The van der Waals surface area contributed by atoms with Gasteiger partial charge in [0.25, 0.3) is 5.69 Å². The Labute approximate surface area is 220 Å². The van der Waals surface area contributed by atoms with E-state index in [-0.39, 0.29) is 43.3 Å². The summed E-state index contributed by atoms with van der Waals surface area (Å²) in [6, 6.07) is 2.24. The zero-order chi connectivity index (χ0) is 28.8. The Morgan fingerprint density at radius 3 is 2.32 bits per heavy atom. The van der Waals surface area contributed by atoms with E-state index in [1.165, 1.54) is 24.3 Å². The highest BCUT2D eigenvalue weighted by molar-refractivity contribution is 8.13. The summed E-state index contributed by atoms with van der Waals surface area (Å²) in [5.74, 6) is -6.52. The van der Waals surface area contributed by atoms with Gasteiger partial charge in [0.2, 0.25) is 11.0 Å². The molecule has 2 N–H and O–H groups in total. The lowest BCUT2D eigenvalue weighted by Crippen LogP contribution is -2.48. The molecular formula is C23H28F3N3O8S. The number of rotatable bonds is 9. The van der Waals surface area contributed by atoms with Crippen molar-refractivity contribution in [2.75, 3.05) is 12.3 Å². The van der Waals surface area contributed by atoms with Crippen molar-refractivity contribution in [1.29, 1.82) is 0 Å². The van der Waals surface area contributed by atoms with Crippen LogP contribution < -0.4 is 5.32 Å². The Balaban J connectivity index is 2.21. The van der Waals surface area contributed by atoms with Crippen molar-refractivity contribution in [3.8, 4) is 0 Å². The van der Waals surface area contributed by atoms with Crippen LogP contribution in [0.25, 0.3) is 0 Å². The smallest absolute Gasteiger partial charge is 0.408 e. The molecule has 210 valence electrons. The molecule has 1 fully saturated rings. The normalized spacial score (nSPS) is 17.4. The number of non-ortho nitro benzene ring substituents is 1. The lowest BCUT2D eigenvalue weighted by molar-refractivity contribution is -0.384. The van der Waals surface area contributed by atoms with Gasteiger partial charge in [-0.15, -0.1) is 0 Å². The zero-order valence-corrected chi connectivity index (χ0v) is 21.6. The molecule has 1 saturated heterocycles. The second kappa shape index (κ2) is 12.5. The molecule has 1 heterocycles. The van der Waals surface area contributed by atoms with Crippen LogP contribution in [-0.2, 0) is 25.5 Å². The van der Waals surface area contributed by atoms with Gasteiger partial charge >= 0.3 is 18.2 Å². The van der Waals surface area contributed by atoms with Crippen LogP contribution in [0.2, 0.25) is 0 Å². The first-order valence-electron chi connectivity index (χ1n) is 11.5. The summed E-state index contributed by atoms with van der Waals surface area (Å²) in [6.45, 7) is 4.55. The first-order valence-corrected chi connectivity index (χ1v) is 12.5. The van der Waals surface area contributed by atoms with E-state index in [0.717, 1.165) is 0 Å². The van der Waals surface area contributed by atoms with E-state index in [0.29, 0.717) is 10.5 Å². The highest BCUT2D eigenvalue weighted by Crippen LogP contribution is 2.33. The van der Waals surface area contributed by atoms with E-state index < -0.39 is 63.5 Å². The van der Waals surface area contributed by atoms with Crippen LogP contribution >= 0.6 is 11.8 Å². The van der Waals surface area contributed by atoms with Crippen molar-refractivity contribution in [3.63, 3.8) is 0 Å². The SMILES string of the molecule is CC(C)(C)OC(=O)NC(Cc1ccc([N+](=O)[O-])cc1)C(=O)SCC(C(=O)N1CCC[C@H]1C(=O)O)C(F)(F)F. The number of halogens is 3. The summed E-state index contributed by atoms with van der Waals surface area (Å²) in [5, 5.41) is 21.5. The van der Waals surface area contributed by atoms with Crippen molar-refractivity contribution in [3.05, 3.63) is 39.9 Å². The van der Waals surface area contributed by atoms with Gasteiger partial charge in [0.15, 0.2) is 0 Å². The number of benzene rings is 1. The Morgan fingerprint density at radius 2 is 1.82 bits per heavy atom. The van der Waals surface area contributed by atoms with Crippen molar-refractivity contribution in [2.24, 2.45) is 5.92 Å². The standard InChI is InChI=1S/C23H28F3N3O8S/c1-22(2,3)37-21(34)27-16(11-13-6-8-14(9-7-13)29(35)36)20(33)38-12-15(23(24,25)26)18(30)28-10-4-5-17(28)19(31)32/h6-9,15-17H,4-5,10-12H2,1-3H3,(H,27,34)(H,31,32)/t15?,16?,17-/m0/s1. The van der Waals surface area contributed by atoms with Gasteiger partial charge in [0.05, 0.1) is 4.92 Å². The second-order valence-corrected chi connectivity index (χ2v) is 10.6. The predicted molar refractivity (Wildman–Crippen MR) is 129 cm³/mol. The van der Waals surface area contributed by atoms with Gasteiger partial charge in [-0.3, -0.25) is 19.7 Å². The number of hydrogen-bond acceptors (Lipinski definition) is 8. The molecule has 2 rings (SSSR count). The number of carboxylic acids is 1. The molecule has 11 nitrogen and oxygen atoms in total. The molecule has 3 atom stereocenters. The van der Waals surface area contributed by atoms with Crippen molar-refractivity contribution in [2.45, 2.75) is 63.9 Å². The molecule has 0 bridgehead atoms. The summed E-state index contributed by atoms with van der Waals surface area (Å²) in [7, 11) is 0. The number of nitrogens with zero attached hydrogens (tertiary/aromatic N) is 2. The Bertz CT molecular complexity index is 1060. The Morgan fingerprint density at radius 1 is 1.21 bits per heavy atom. The largest absolute Gasteiger partial charge is 0.480 e. The summed E-state index contributed by atoms with van der Waals surface area (Å²) < 4.78 is 46.5. The fourth-order valence-electron chi connectivity index (χ4n) is 3.69. The first-order chi connectivity index (χ1) is 17.5. The van der Waals surface area contributed by atoms with Crippen LogP contribution in [0.5, 0.6) is 0 Å². The minimum absolute atomic E-state index is 0.0227. The maximum absolute atomic E-state index is 13.8. The van der Waals surface area contributed by atoms with Gasteiger partial charge in [-0.2, -0.15) is 13.2 Å². The van der Waals surface area contributed by atoms with Gasteiger partial charge in [-0.05, 0) is 39.2 Å². The number of nitro groups is 1. The lowest BCUT2D eigenvalue weighted by Gasteiger charge is -2.28. The van der Waals surface area contributed by atoms with Crippen LogP contribution in [0.15, 0.2) is 24.3 Å². The van der Waals surface area contributed by atoms with E-state index in [1.54, 1.807) is 20.8 Å². The van der Waals surface area contributed by atoms with Gasteiger partial charge in [-0.1, -0.05) is 23.9 Å². The summed E-state index contributed by atoms with van der Waals surface area (Å²) in [6.07, 6.45) is -6.03. The molecule has 2 unspecified atom stereocenters. The number of nitro benzene ring substituents is 1. The topological polar surface area (TPSA) is 156 Å². The number of likely N-dealkylation sites (tertiary alicyclic amines) is 1. The summed E-state index contributed by atoms with van der Waals surface area (Å²) in [4.78, 5) is 60.2. The van der Waals surface area contributed by atoms with Crippen molar-refractivity contribution in [1.82, 2.24) is 10.2 Å². The van der Waals surface area contributed by atoms with E-state index in [4.69, 9.17) is 4.74 Å². The molecular weight excluding hydrogens is 535 g/mol. The van der Waals surface area contributed by atoms with Crippen molar-refractivity contribution >= 4 is 40.5 Å². The monoisotopic (exact) mass is 563 g/mol. The third kappa shape index (κ3) is 8.89. The molecule has 0 aromatic heterocycles. The molecule has 1 aliphatic heterocycles. The van der Waals surface area contributed by atoms with Crippen LogP contribution in [0.1, 0.15) is 39.2 Å². The average Bonchev–Trinajstić information content (AvgIpc) is 3.27. The number of carbonyl (C=O) groups is 4. The minimum Gasteiger partial charge on any atom is -0.480 e. The van der Waals surface area contributed by atoms with E-state index in [9.17, 15) is 47.6 Å². The van der Waals surface area contributed by atoms with Gasteiger partial charge < -0.3 is 20.1 Å². The molecule has 2 amide bonds. The number of ether oxygens (including phenoxy) is 1. The third-order valence-corrected chi connectivity index (χ3v) is 6.54. The molecule has 0 aliphatic carbocycles. The second-order valence-electron chi connectivity index (χ2n) is 9.58. The first kappa shape index (κ1) is 30.9. The molecule has 1 aromatic carbocycles. The number of nitrogens with one attached hydrogen (secondary N) is 1. The molecule has 15 heteroatoms. The molecule has 0 radical (unpaired) electrons. The minimum atomic E-state index is -5.05. The lowest BCUT2D eigenvalue weighted by atomic mass is 10.1. The third-order valence-electron chi connectivity index (χ3n) is 5.47. The molecule has 38 heavy (non-hydrogen) atoms. The number of thioether (sulfide) groups is 1. The number of hydrogen-bond donors (Lipinski definition) is 2. The Hall–Kier alpha value is -3.36. The number of amides is 2. The van der Waals surface area contributed by atoms with Crippen LogP contribution in [0.3, 0.4) is 0 Å².